The van der Waals surface area contributed by atoms with E-state index in [0.29, 0.717) is 35.9 Å². The zero-order valence-corrected chi connectivity index (χ0v) is 25.5. The Morgan fingerprint density at radius 2 is 1.68 bits per heavy atom. The molecule has 4 saturated carbocycles. The van der Waals surface area contributed by atoms with Gasteiger partial charge in [-0.05, 0) is 91.8 Å². The number of aliphatic carboxylic acids is 1. The number of carboxylic acids is 1. The predicted molar refractivity (Wildman–Crippen MR) is 152 cm³/mol. The molecule has 2 heterocycles. The van der Waals surface area contributed by atoms with Crippen molar-refractivity contribution in [2.24, 2.45) is 51.2 Å². The number of carbonyl (C=O) groups is 2. The molecule has 7 nitrogen and oxygen atoms in total. The molecule has 2 aliphatic heterocycles. The number of epoxide rings is 1. The first-order valence-electron chi connectivity index (χ1n) is 16.4. The third kappa shape index (κ3) is 3.77. The van der Waals surface area contributed by atoms with Crippen LogP contribution in [0, 0.1) is 51.2 Å². The van der Waals surface area contributed by atoms with E-state index in [-0.39, 0.29) is 22.2 Å². The molecule has 0 aromatic heterocycles. The SMILES string of the molecule is CC1CCC2(C(O)C3OC(C(=O)O)C4OC4C3O)CCC3C(=CCC4C3(C)CCC3C(C)(C)C(=O)CCC34C)C2C1. The largest absolute Gasteiger partial charge is 0.479 e. The van der Waals surface area contributed by atoms with Crippen LogP contribution in [0.4, 0.5) is 0 Å². The Balaban J connectivity index is 1.23. The molecule has 228 valence electrons. The summed E-state index contributed by atoms with van der Waals surface area (Å²) in [5.74, 6) is 1.50. The Kier molecular flexibility index (Phi) is 6.34. The summed E-state index contributed by atoms with van der Waals surface area (Å²) in [7, 11) is 0. The number of ether oxygens (including phenoxy) is 2. The fourth-order valence-electron chi connectivity index (χ4n) is 12.1. The molecule has 14 atom stereocenters. The number of carboxylic acid groups (broad SMARTS) is 1. The van der Waals surface area contributed by atoms with Crippen LogP contribution in [0.2, 0.25) is 0 Å². The lowest BCUT2D eigenvalue weighted by Crippen LogP contribution is -2.64. The number of hydrogen-bond acceptors (Lipinski definition) is 6. The maximum Gasteiger partial charge on any atom is 0.335 e. The number of Topliss-reactive ketones (excluding diaryl/α,β-unsaturated/α-hetero) is 1. The van der Waals surface area contributed by atoms with E-state index >= 15 is 0 Å². The van der Waals surface area contributed by atoms with Crippen molar-refractivity contribution in [3.63, 3.8) is 0 Å². The van der Waals surface area contributed by atoms with Gasteiger partial charge < -0.3 is 24.8 Å². The molecule has 6 fully saturated rings. The summed E-state index contributed by atoms with van der Waals surface area (Å²) < 4.78 is 11.5. The van der Waals surface area contributed by atoms with Gasteiger partial charge in [0.15, 0.2) is 6.10 Å². The zero-order valence-electron chi connectivity index (χ0n) is 25.5. The highest BCUT2D eigenvalue weighted by Gasteiger charge is 2.67. The second-order valence-corrected chi connectivity index (χ2v) is 16.4. The van der Waals surface area contributed by atoms with Crippen LogP contribution in [0.25, 0.3) is 0 Å². The van der Waals surface area contributed by atoms with Gasteiger partial charge in [-0.1, -0.05) is 52.7 Å². The van der Waals surface area contributed by atoms with Gasteiger partial charge in [0, 0.05) is 17.3 Å². The van der Waals surface area contributed by atoms with Gasteiger partial charge in [-0.2, -0.15) is 0 Å². The Morgan fingerprint density at radius 1 is 0.951 bits per heavy atom. The van der Waals surface area contributed by atoms with Crippen LogP contribution in [-0.2, 0) is 19.1 Å². The second kappa shape index (κ2) is 9.12. The summed E-state index contributed by atoms with van der Waals surface area (Å²) in [6, 6.07) is 0. The van der Waals surface area contributed by atoms with Gasteiger partial charge in [-0.15, -0.1) is 0 Å². The van der Waals surface area contributed by atoms with Crippen LogP contribution >= 0.6 is 0 Å². The first kappa shape index (κ1) is 28.5. The number of rotatable bonds is 3. The molecule has 14 unspecified atom stereocenters. The van der Waals surface area contributed by atoms with E-state index in [1.807, 2.05) is 0 Å². The number of aliphatic hydroxyl groups excluding tert-OH is 2. The first-order valence-corrected chi connectivity index (χ1v) is 16.4. The van der Waals surface area contributed by atoms with Gasteiger partial charge in [0.2, 0.25) is 0 Å². The fraction of sp³-hybridized carbons (Fsp3) is 0.882. The van der Waals surface area contributed by atoms with Crippen LogP contribution in [0.3, 0.4) is 0 Å². The summed E-state index contributed by atoms with van der Waals surface area (Å²) >= 11 is 0. The van der Waals surface area contributed by atoms with Gasteiger partial charge in [0.25, 0.3) is 0 Å². The highest BCUT2D eigenvalue weighted by molar-refractivity contribution is 5.85. The topological polar surface area (TPSA) is 117 Å². The number of allylic oxidation sites excluding steroid dienone is 2. The molecule has 3 N–H and O–H groups in total. The van der Waals surface area contributed by atoms with Crippen molar-refractivity contribution in [3.8, 4) is 0 Å². The Hall–Kier alpha value is -1.28. The number of hydrogen-bond donors (Lipinski definition) is 3. The summed E-state index contributed by atoms with van der Waals surface area (Å²) in [6.45, 7) is 11.7. The number of ketones is 1. The van der Waals surface area contributed by atoms with Gasteiger partial charge in [0.1, 0.15) is 30.2 Å². The monoisotopic (exact) mass is 570 g/mol. The van der Waals surface area contributed by atoms with Crippen molar-refractivity contribution < 1.29 is 34.4 Å². The molecule has 7 rings (SSSR count). The normalized spacial score (nSPS) is 54.3. The van der Waals surface area contributed by atoms with Gasteiger partial charge in [-0.3, -0.25) is 4.79 Å². The summed E-state index contributed by atoms with van der Waals surface area (Å²) in [6.07, 6.45) is 6.94. The molecular weight excluding hydrogens is 520 g/mol. The van der Waals surface area contributed by atoms with Crippen LogP contribution in [0.15, 0.2) is 11.6 Å². The first-order chi connectivity index (χ1) is 19.3. The van der Waals surface area contributed by atoms with Gasteiger partial charge in [0.05, 0.1) is 6.10 Å². The third-order valence-electron chi connectivity index (χ3n) is 14.3. The molecule has 41 heavy (non-hydrogen) atoms. The number of aliphatic hydroxyl groups is 2. The highest BCUT2D eigenvalue weighted by atomic mass is 16.7. The predicted octanol–water partition coefficient (Wildman–Crippen LogP) is 4.92. The van der Waals surface area contributed by atoms with Crippen LogP contribution < -0.4 is 0 Å². The average Bonchev–Trinajstić information content (AvgIpc) is 3.72. The third-order valence-corrected chi connectivity index (χ3v) is 14.3. The van der Waals surface area contributed by atoms with Crippen LogP contribution in [0.5, 0.6) is 0 Å². The molecular formula is C34H50O7. The molecule has 7 heteroatoms. The van der Waals surface area contributed by atoms with E-state index in [0.717, 1.165) is 57.8 Å². The second-order valence-electron chi connectivity index (χ2n) is 16.4. The van der Waals surface area contributed by atoms with E-state index in [1.54, 1.807) is 0 Å². The van der Waals surface area contributed by atoms with E-state index < -0.39 is 48.0 Å². The lowest BCUT2D eigenvalue weighted by molar-refractivity contribution is -0.210. The summed E-state index contributed by atoms with van der Waals surface area (Å²) in [5, 5.41) is 33.0. The van der Waals surface area contributed by atoms with Gasteiger partial charge >= 0.3 is 5.97 Å². The van der Waals surface area contributed by atoms with Crippen molar-refractivity contribution in [2.75, 3.05) is 0 Å². The minimum Gasteiger partial charge on any atom is -0.479 e. The smallest absolute Gasteiger partial charge is 0.335 e. The van der Waals surface area contributed by atoms with Crippen molar-refractivity contribution in [3.05, 3.63) is 11.6 Å². The fourth-order valence-corrected chi connectivity index (χ4v) is 12.1. The van der Waals surface area contributed by atoms with Crippen molar-refractivity contribution in [2.45, 2.75) is 135 Å². The molecule has 0 radical (unpaired) electrons. The molecule has 0 aromatic carbocycles. The molecule has 7 aliphatic rings. The Labute approximate surface area is 244 Å². The molecule has 5 aliphatic carbocycles. The summed E-state index contributed by atoms with van der Waals surface area (Å²) in [4.78, 5) is 24.9. The molecule has 0 aromatic rings. The summed E-state index contributed by atoms with van der Waals surface area (Å²) in [5.41, 5.74) is 1.12. The van der Waals surface area contributed by atoms with E-state index in [9.17, 15) is 24.9 Å². The molecule has 0 bridgehead atoms. The molecule has 0 spiro atoms. The van der Waals surface area contributed by atoms with E-state index in [2.05, 4.69) is 40.7 Å². The van der Waals surface area contributed by atoms with Crippen LogP contribution in [-0.4, -0.2) is 63.7 Å². The standard InChI is InChI=1S/C34H50O7/c1-17-8-14-34(29(37)26-24(36)25-27(40-25)28(41-26)30(38)39)15-9-19-18(20(34)16-17)6-7-22-32(19,4)12-10-21-31(2,3)23(35)11-13-33(21,22)5/h6,17,19-22,24-29,36-37H,7-16H2,1-5H3,(H,38,39). The van der Waals surface area contributed by atoms with Crippen molar-refractivity contribution >= 4 is 11.8 Å². The minimum atomic E-state index is -1.15. The maximum atomic E-state index is 13.0. The highest BCUT2D eigenvalue weighted by Crippen LogP contribution is 2.71. The average molecular weight is 571 g/mol. The van der Waals surface area contributed by atoms with Gasteiger partial charge in [-0.25, -0.2) is 4.79 Å². The lowest BCUT2D eigenvalue weighted by atomic mass is 9.37. The minimum absolute atomic E-state index is 0.146. The Morgan fingerprint density at radius 3 is 2.41 bits per heavy atom. The number of fused-ring (bicyclic) bond motifs is 8. The van der Waals surface area contributed by atoms with Crippen molar-refractivity contribution in [1.82, 2.24) is 0 Å². The zero-order chi connectivity index (χ0) is 29.3. The van der Waals surface area contributed by atoms with Crippen LogP contribution in [0.1, 0.15) is 98.8 Å². The molecule has 2 saturated heterocycles. The Bertz CT molecular complexity index is 1160. The lowest BCUT2D eigenvalue weighted by Gasteiger charge is -2.67. The van der Waals surface area contributed by atoms with E-state index in [1.165, 1.54) is 5.57 Å². The van der Waals surface area contributed by atoms with Crippen molar-refractivity contribution in [1.29, 1.82) is 0 Å². The maximum absolute atomic E-state index is 13.0. The quantitative estimate of drug-likeness (QED) is 0.326. The molecule has 0 amide bonds. The van der Waals surface area contributed by atoms with E-state index in [4.69, 9.17) is 9.47 Å². The number of carbonyl (C=O) groups excluding carboxylic acids is 1.